The van der Waals surface area contributed by atoms with Crippen molar-refractivity contribution in [3.05, 3.63) is 302 Å². The standard InChI is InChI=1S/C81H56GeN6/c1-51-33-39-55(40-34-51)83-73-45-58(86-67-27-13-7-21-61(67)62-22-8-14-28-68(62)86)47-75-79(73)82(54-19-5-4-6-20-54)80-74(83)46-59(87-69-29-15-9-23-63(69)64-24-10-16-30-70(64)87)48-76(80)85(57-43-37-53(3)38-44-57)78-50-60(49-77(81(78)82)84(75)56-41-35-52(2)36-42-56)88-71-31-17-11-25-65(71)66-26-12-18-32-72(66)88/h4-50H,1-3H3. The van der Waals surface area contributed by atoms with E-state index in [1.165, 1.54) is 134 Å². The number of nitrogens with zero attached hydrogens (tertiary/aromatic N) is 6. The number of benzene rings is 13. The molecule has 0 N–H and O–H groups in total. The molecular weight excluding hydrogens is 1130 g/mol. The van der Waals surface area contributed by atoms with E-state index in [0.717, 1.165) is 34.1 Å². The Morgan fingerprint density at radius 2 is 0.432 bits per heavy atom. The Kier molecular flexibility index (Phi) is 10.3. The molecule has 7 heteroatoms. The predicted molar refractivity (Wildman–Crippen MR) is 372 cm³/mol. The molecule has 3 aromatic heterocycles. The van der Waals surface area contributed by atoms with E-state index in [0.29, 0.717) is 0 Å². The zero-order chi connectivity index (χ0) is 58.1. The minimum absolute atomic E-state index is 1.10. The van der Waals surface area contributed by atoms with Gasteiger partial charge in [0.25, 0.3) is 0 Å². The van der Waals surface area contributed by atoms with Gasteiger partial charge in [-0.25, -0.2) is 0 Å². The maximum atomic E-state index is 2.67. The third-order valence-electron chi connectivity index (χ3n) is 19.4. The van der Waals surface area contributed by atoms with Crippen molar-refractivity contribution in [3.8, 4) is 17.1 Å². The number of fused-ring (bicyclic) bond motifs is 9. The van der Waals surface area contributed by atoms with Crippen LogP contribution < -0.4 is 32.3 Å². The van der Waals surface area contributed by atoms with Crippen LogP contribution in [0.15, 0.2) is 285 Å². The van der Waals surface area contributed by atoms with E-state index in [9.17, 15) is 0 Å². The molecule has 16 aromatic rings. The number of rotatable bonds is 7. The molecular formula is C81H56GeN6. The van der Waals surface area contributed by atoms with Gasteiger partial charge >= 0.3 is 515 Å². The van der Waals surface area contributed by atoms with Gasteiger partial charge in [-0.1, -0.05) is 0 Å². The number of hydrogen-bond acceptors (Lipinski definition) is 3. The van der Waals surface area contributed by atoms with Crippen molar-refractivity contribution >= 4 is 147 Å². The van der Waals surface area contributed by atoms with Crippen molar-refractivity contribution in [1.82, 2.24) is 13.7 Å². The topological polar surface area (TPSA) is 24.5 Å². The summed E-state index contributed by atoms with van der Waals surface area (Å²) in [7, 11) is 0. The summed E-state index contributed by atoms with van der Waals surface area (Å²) in [5, 5.41) is 7.38. The SMILES string of the molecule is Cc1ccc(N2c3cc(-n4c5ccccc5c5ccccc54)cc4[c]3[Ge]3([c]5ccccc5)[c]5c2cc(-n2c6ccccc6c6ccccc62)cc5N(c2ccc(C)cc2)c2cc(-n5c6ccccc6c6ccccc65)cc([c]23)N4c2ccc(C)cc2)cc1. The molecule has 0 amide bonds. The van der Waals surface area contributed by atoms with Gasteiger partial charge < -0.3 is 0 Å². The van der Waals surface area contributed by atoms with Crippen molar-refractivity contribution in [2.75, 3.05) is 14.7 Å². The van der Waals surface area contributed by atoms with E-state index >= 15 is 0 Å². The quantitative estimate of drug-likeness (QED) is 0.149. The van der Waals surface area contributed by atoms with E-state index in [-0.39, 0.29) is 0 Å². The first-order chi connectivity index (χ1) is 43.4. The molecule has 6 heterocycles. The Bertz CT molecular complexity index is 4860. The van der Waals surface area contributed by atoms with Gasteiger partial charge in [-0.05, 0) is 0 Å². The number of anilines is 9. The Morgan fingerprint density at radius 1 is 0.216 bits per heavy atom. The van der Waals surface area contributed by atoms with Crippen LogP contribution in [0.25, 0.3) is 82.5 Å². The molecule has 0 radical (unpaired) electrons. The minimum atomic E-state index is -4.52. The predicted octanol–water partition coefficient (Wildman–Crippen LogP) is 18.6. The van der Waals surface area contributed by atoms with E-state index < -0.39 is 13.3 Å². The van der Waals surface area contributed by atoms with E-state index in [2.05, 4.69) is 334 Å². The maximum absolute atomic E-state index is 4.52. The molecule has 3 aliphatic heterocycles. The van der Waals surface area contributed by atoms with Crippen LogP contribution in [0.5, 0.6) is 0 Å². The molecule has 3 aliphatic rings. The number of aromatic nitrogens is 3. The Labute approximate surface area is 512 Å². The molecule has 414 valence electrons. The second-order valence-corrected chi connectivity index (χ2v) is 31.8. The van der Waals surface area contributed by atoms with Crippen LogP contribution in [0.2, 0.25) is 0 Å². The Hall–Kier alpha value is -10.8. The van der Waals surface area contributed by atoms with Crippen LogP contribution in [0.4, 0.5) is 51.2 Å². The second kappa shape index (κ2) is 18.4. The van der Waals surface area contributed by atoms with Crippen molar-refractivity contribution in [3.63, 3.8) is 0 Å². The molecule has 0 fully saturated rings. The van der Waals surface area contributed by atoms with Crippen molar-refractivity contribution < 1.29 is 0 Å². The molecule has 13 aromatic carbocycles. The summed E-state index contributed by atoms with van der Waals surface area (Å²) in [6, 6.07) is 109. The summed E-state index contributed by atoms with van der Waals surface area (Å²) in [4.78, 5) is 8.00. The van der Waals surface area contributed by atoms with Crippen LogP contribution in [0.1, 0.15) is 16.7 Å². The normalized spacial score (nSPS) is 13.6. The molecule has 19 rings (SSSR count). The molecule has 0 aliphatic carbocycles. The van der Waals surface area contributed by atoms with Gasteiger partial charge in [0.1, 0.15) is 0 Å². The fraction of sp³-hybridized carbons (Fsp3) is 0.0370. The molecule has 0 atom stereocenters. The summed E-state index contributed by atoms with van der Waals surface area (Å²) in [5.41, 5.74) is 24.5. The van der Waals surface area contributed by atoms with Gasteiger partial charge in [0.15, 0.2) is 0 Å². The summed E-state index contributed by atoms with van der Waals surface area (Å²) < 4.78 is 13.2. The first-order valence-corrected chi connectivity index (χ1v) is 34.8. The summed E-state index contributed by atoms with van der Waals surface area (Å²) in [5.74, 6) is 0. The van der Waals surface area contributed by atoms with Crippen molar-refractivity contribution in [2.24, 2.45) is 0 Å². The fourth-order valence-corrected chi connectivity index (χ4v) is 27.8. The third kappa shape index (κ3) is 6.67. The zero-order valence-corrected chi connectivity index (χ0v) is 50.9. The van der Waals surface area contributed by atoms with Gasteiger partial charge in [0.2, 0.25) is 0 Å². The zero-order valence-electron chi connectivity index (χ0n) is 48.8. The van der Waals surface area contributed by atoms with Gasteiger partial charge in [0.05, 0.1) is 0 Å². The van der Waals surface area contributed by atoms with Crippen molar-refractivity contribution in [2.45, 2.75) is 20.8 Å². The van der Waals surface area contributed by atoms with Gasteiger partial charge in [-0.2, -0.15) is 0 Å². The average Bonchev–Trinajstić information content (AvgIpc) is 0.965. The van der Waals surface area contributed by atoms with Crippen LogP contribution in [0.3, 0.4) is 0 Å². The van der Waals surface area contributed by atoms with Crippen LogP contribution in [-0.4, -0.2) is 27.0 Å². The van der Waals surface area contributed by atoms with Crippen molar-refractivity contribution in [1.29, 1.82) is 0 Å². The average molecular weight is 1190 g/mol. The van der Waals surface area contributed by atoms with Crippen LogP contribution in [-0.2, 0) is 0 Å². The Balaban J connectivity index is 1.07. The van der Waals surface area contributed by atoms with E-state index in [1.807, 2.05) is 0 Å². The van der Waals surface area contributed by atoms with Crippen LogP contribution >= 0.6 is 0 Å². The van der Waals surface area contributed by atoms with E-state index in [4.69, 9.17) is 0 Å². The van der Waals surface area contributed by atoms with Gasteiger partial charge in [-0.15, -0.1) is 0 Å². The van der Waals surface area contributed by atoms with E-state index in [1.54, 1.807) is 0 Å². The summed E-state index contributed by atoms with van der Waals surface area (Å²) in [6.07, 6.45) is 0. The molecule has 0 bridgehead atoms. The second-order valence-electron chi connectivity index (χ2n) is 24.3. The molecule has 6 nitrogen and oxygen atoms in total. The fourth-order valence-electron chi connectivity index (χ4n) is 15.8. The summed E-state index contributed by atoms with van der Waals surface area (Å²) in [6.45, 7) is 6.61. The third-order valence-corrected chi connectivity index (χ3v) is 29.9. The summed E-state index contributed by atoms with van der Waals surface area (Å²) >= 11 is -4.52. The Morgan fingerprint density at radius 3 is 0.670 bits per heavy atom. The number of hydrogen-bond donors (Lipinski definition) is 0. The van der Waals surface area contributed by atoms with Crippen LogP contribution in [0, 0.1) is 20.8 Å². The first kappa shape index (κ1) is 49.5. The van der Waals surface area contributed by atoms with Gasteiger partial charge in [0, 0.05) is 0 Å². The first-order valence-electron chi connectivity index (χ1n) is 30.6. The molecule has 0 saturated carbocycles. The molecule has 0 saturated heterocycles. The number of aryl methyl sites for hydroxylation is 3. The molecule has 0 spiro atoms. The molecule has 0 unspecified atom stereocenters. The molecule has 88 heavy (non-hydrogen) atoms. The monoisotopic (exact) mass is 1190 g/mol. The number of para-hydroxylation sites is 6. The van der Waals surface area contributed by atoms with Gasteiger partial charge in [-0.3, -0.25) is 0 Å².